The lowest BCUT2D eigenvalue weighted by atomic mass is 9.99. The molecule has 0 aliphatic rings. The first-order valence-electron chi connectivity index (χ1n) is 7.33. The van der Waals surface area contributed by atoms with E-state index in [1.807, 2.05) is 51.1 Å². The first-order chi connectivity index (χ1) is 10.0. The second-order valence-electron chi connectivity index (χ2n) is 5.41. The number of hydrogen-bond donors (Lipinski definition) is 2. The van der Waals surface area contributed by atoms with E-state index in [1.54, 1.807) is 4.90 Å². The molecule has 0 aromatic heterocycles. The Morgan fingerprint density at radius 3 is 2.43 bits per heavy atom. The molecule has 0 aliphatic carbocycles. The molecule has 116 valence electrons. The zero-order valence-electron chi connectivity index (χ0n) is 13.0. The summed E-state index contributed by atoms with van der Waals surface area (Å²) >= 11 is 0. The van der Waals surface area contributed by atoms with Gasteiger partial charge in [-0.25, -0.2) is 0 Å². The molecule has 0 saturated carbocycles. The summed E-state index contributed by atoms with van der Waals surface area (Å²) in [6, 6.07) is 9.86. The SMILES string of the molecule is CCCC(C(=O)N(Cc1ccccc1)C(C)C)C(N)=NO. The van der Waals surface area contributed by atoms with Crippen LogP contribution in [0.2, 0.25) is 0 Å². The van der Waals surface area contributed by atoms with Gasteiger partial charge in [0, 0.05) is 12.6 Å². The van der Waals surface area contributed by atoms with Crippen molar-refractivity contribution in [1.29, 1.82) is 0 Å². The van der Waals surface area contributed by atoms with Crippen molar-refractivity contribution in [3.8, 4) is 0 Å². The highest BCUT2D eigenvalue weighted by Crippen LogP contribution is 2.16. The van der Waals surface area contributed by atoms with Gasteiger partial charge in [0.2, 0.25) is 5.91 Å². The summed E-state index contributed by atoms with van der Waals surface area (Å²) in [5.41, 5.74) is 6.75. The summed E-state index contributed by atoms with van der Waals surface area (Å²) < 4.78 is 0. The molecule has 1 aromatic carbocycles. The number of nitrogens with two attached hydrogens (primary N) is 1. The van der Waals surface area contributed by atoms with Gasteiger partial charge in [-0.05, 0) is 25.8 Å². The molecule has 0 aliphatic heterocycles. The summed E-state index contributed by atoms with van der Waals surface area (Å²) in [5.74, 6) is -0.669. The van der Waals surface area contributed by atoms with Crippen molar-refractivity contribution in [2.45, 2.75) is 46.2 Å². The Morgan fingerprint density at radius 2 is 1.95 bits per heavy atom. The minimum atomic E-state index is -0.564. The number of carbonyl (C=O) groups is 1. The minimum absolute atomic E-state index is 0.0134. The van der Waals surface area contributed by atoms with E-state index >= 15 is 0 Å². The van der Waals surface area contributed by atoms with Crippen LogP contribution in [-0.4, -0.2) is 27.9 Å². The van der Waals surface area contributed by atoms with E-state index < -0.39 is 5.92 Å². The second kappa shape index (κ2) is 8.29. The molecule has 5 nitrogen and oxygen atoms in total. The van der Waals surface area contributed by atoms with Gasteiger partial charge in [0.15, 0.2) is 5.84 Å². The van der Waals surface area contributed by atoms with Crippen LogP contribution in [0.15, 0.2) is 35.5 Å². The topological polar surface area (TPSA) is 78.9 Å². The fourth-order valence-electron chi connectivity index (χ4n) is 2.25. The summed E-state index contributed by atoms with van der Waals surface area (Å²) in [6.45, 7) is 6.43. The highest BCUT2D eigenvalue weighted by Gasteiger charge is 2.28. The normalized spacial score (nSPS) is 13.2. The van der Waals surface area contributed by atoms with Crippen LogP contribution in [0.5, 0.6) is 0 Å². The van der Waals surface area contributed by atoms with E-state index in [4.69, 9.17) is 10.9 Å². The van der Waals surface area contributed by atoms with Gasteiger partial charge < -0.3 is 15.8 Å². The number of amides is 1. The molecular weight excluding hydrogens is 266 g/mol. The third-order valence-electron chi connectivity index (χ3n) is 3.45. The third-order valence-corrected chi connectivity index (χ3v) is 3.45. The fourth-order valence-corrected chi connectivity index (χ4v) is 2.25. The van der Waals surface area contributed by atoms with Gasteiger partial charge in [-0.3, -0.25) is 4.79 Å². The van der Waals surface area contributed by atoms with Gasteiger partial charge in [0.1, 0.15) is 0 Å². The maximum Gasteiger partial charge on any atom is 0.233 e. The molecule has 3 N–H and O–H groups in total. The largest absolute Gasteiger partial charge is 0.409 e. The molecule has 0 radical (unpaired) electrons. The van der Waals surface area contributed by atoms with E-state index in [1.165, 1.54) is 0 Å². The maximum atomic E-state index is 12.7. The van der Waals surface area contributed by atoms with E-state index in [0.29, 0.717) is 13.0 Å². The Labute approximate surface area is 126 Å². The molecule has 21 heavy (non-hydrogen) atoms. The van der Waals surface area contributed by atoms with Gasteiger partial charge in [0.05, 0.1) is 5.92 Å². The predicted molar refractivity (Wildman–Crippen MR) is 83.9 cm³/mol. The molecule has 5 heteroatoms. The Kier molecular flexibility index (Phi) is 6.72. The average molecular weight is 291 g/mol. The molecule has 0 spiro atoms. The Hall–Kier alpha value is -2.04. The quantitative estimate of drug-likeness (QED) is 0.351. The number of amidine groups is 1. The van der Waals surface area contributed by atoms with Crippen molar-refractivity contribution in [1.82, 2.24) is 4.90 Å². The van der Waals surface area contributed by atoms with E-state index in [0.717, 1.165) is 12.0 Å². The summed E-state index contributed by atoms with van der Waals surface area (Å²) in [7, 11) is 0. The van der Waals surface area contributed by atoms with Crippen molar-refractivity contribution in [2.24, 2.45) is 16.8 Å². The minimum Gasteiger partial charge on any atom is -0.409 e. The molecule has 1 atom stereocenters. The molecule has 0 heterocycles. The molecule has 0 saturated heterocycles. The van der Waals surface area contributed by atoms with Crippen molar-refractivity contribution in [3.63, 3.8) is 0 Å². The van der Waals surface area contributed by atoms with Crippen LogP contribution in [0.4, 0.5) is 0 Å². The van der Waals surface area contributed by atoms with Crippen molar-refractivity contribution < 1.29 is 10.0 Å². The molecule has 1 aromatic rings. The molecule has 1 rings (SSSR count). The number of hydrogen-bond acceptors (Lipinski definition) is 3. The molecular formula is C16H25N3O2. The van der Waals surface area contributed by atoms with Gasteiger partial charge in [-0.1, -0.05) is 48.8 Å². The summed E-state index contributed by atoms with van der Waals surface area (Å²) in [6.07, 6.45) is 1.37. The van der Waals surface area contributed by atoms with Gasteiger partial charge in [0.25, 0.3) is 0 Å². The summed E-state index contributed by atoms with van der Waals surface area (Å²) in [5, 5.41) is 11.9. The smallest absolute Gasteiger partial charge is 0.233 e. The monoisotopic (exact) mass is 291 g/mol. The maximum absolute atomic E-state index is 12.7. The lowest BCUT2D eigenvalue weighted by molar-refractivity contribution is -0.136. The predicted octanol–water partition coefficient (Wildman–Crippen LogP) is 2.59. The molecule has 1 amide bonds. The Morgan fingerprint density at radius 1 is 1.33 bits per heavy atom. The number of carbonyl (C=O) groups excluding carboxylic acids is 1. The summed E-state index contributed by atoms with van der Waals surface area (Å²) in [4.78, 5) is 14.5. The van der Waals surface area contributed by atoms with Crippen molar-refractivity contribution in [2.75, 3.05) is 0 Å². The second-order valence-corrected chi connectivity index (χ2v) is 5.41. The number of rotatable bonds is 7. The van der Waals surface area contributed by atoms with Crippen LogP contribution >= 0.6 is 0 Å². The van der Waals surface area contributed by atoms with E-state index in [2.05, 4.69) is 5.16 Å². The van der Waals surface area contributed by atoms with Crippen LogP contribution in [0.25, 0.3) is 0 Å². The highest BCUT2D eigenvalue weighted by atomic mass is 16.4. The standard InChI is InChI=1S/C16H25N3O2/c1-4-8-14(15(17)18-21)16(20)19(12(2)3)11-13-9-6-5-7-10-13/h5-7,9-10,12,14,21H,4,8,11H2,1-3H3,(H2,17,18). The molecule has 0 bridgehead atoms. The van der Waals surface area contributed by atoms with Crippen LogP contribution < -0.4 is 5.73 Å². The number of benzene rings is 1. The zero-order chi connectivity index (χ0) is 15.8. The van der Waals surface area contributed by atoms with Crippen molar-refractivity contribution in [3.05, 3.63) is 35.9 Å². The molecule has 1 unspecified atom stereocenters. The third kappa shape index (κ3) is 4.77. The first kappa shape index (κ1) is 17.0. The number of nitrogens with zero attached hydrogens (tertiary/aromatic N) is 2. The number of oxime groups is 1. The first-order valence-corrected chi connectivity index (χ1v) is 7.33. The van der Waals surface area contributed by atoms with E-state index in [-0.39, 0.29) is 17.8 Å². The van der Waals surface area contributed by atoms with Gasteiger partial charge >= 0.3 is 0 Å². The van der Waals surface area contributed by atoms with Gasteiger partial charge in [-0.2, -0.15) is 0 Å². The van der Waals surface area contributed by atoms with Crippen LogP contribution in [0.3, 0.4) is 0 Å². The van der Waals surface area contributed by atoms with Crippen molar-refractivity contribution >= 4 is 11.7 Å². The Bertz CT molecular complexity index is 472. The fraction of sp³-hybridized carbons (Fsp3) is 0.500. The van der Waals surface area contributed by atoms with Gasteiger partial charge in [-0.15, -0.1) is 0 Å². The van der Waals surface area contributed by atoms with Crippen LogP contribution in [0, 0.1) is 5.92 Å². The lowest BCUT2D eigenvalue weighted by Crippen LogP contribution is -2.44. The zero-order valence-corrected chi connectivity index (χ0v) is 13.0. The lowest BCUT2D eigenvalue weighted by Gasteiger charge is -2.30. The van der Waals surface area contributed by atoms with E-state index in [9.17, 15) is 4.79 Å². The van der Waals surface area contributed by atoms with Crippen LogP contribution in [-0.2, 0) is 11.3 Å². The van der Waals surface area contributed by atoms with Crippen LogP contribution in [0.1, 0.15) is 39.2 Å². The molecule has 0 fully saturated rings. The Balaban J connectivity index is 2.95. The highest BCUT2D eigenvalue weighted by molar-refractivity contribution is 6.02. The average Bonchev–Trinajstić information content (AvgIpc) is 2.49.